The first-order valence-corrected chi connectivity index (χ1v) is 13.0. The van der Waals surface area contributed by atoms with E-state index in [-0.39, 0.29) is 33.5 Å². The molecule has 0 saturated heterocycles. The maximum Gasteiger partial charge on any atom is 0.408 e. The summed E-state index contributed by atoms with van der Waals surface area (Å²) in [5, 5.41) is 23.3. The van der Waals surface area contributed by atoms with Gasteiger partial charge in [0.1, 0.15) is 5.82 Å². The minimum Gasteiger partial charge on any atom is -0.358 e. The van der Waals surface area contributed by atoms with Crippen molar-refractivity contribution >= 4 is 29.1 Å². The van der Waals surface area contributed by atoms with E-state index in [1.54, 1.807) is 29.9 Å². The lowest BCUT2D eigenvalue weighted by Crippen LogP contribution is -2.57. The summed E-state index contributed by atoms with van der Waals surface area (Å²) < 4.78 is 17.0. The molecular formula is C26H28ClFN6O3. The number of benzene rings is 1. The third kappa shape index (κ3) is 4.31. The van der Waals surface area contributed by atoms with Crippen LogP contribution in [0.15, 0.2) is 36.5 Å². The lowest BCUT2D eigenvalue weighted by atomic mass is 9.46. The zero-order chi connectivity index (χ0) is 25.9. The van der Waals surface area contributed by atoms with E-state index >= 15 is 0 Å². The number of hydrogen-bond acceptors (Lipinski definition) is 5. The van der Waals surface area contributed by atoms with Gasteiger partial charge in [-0.3, -0.25) is 9.48 Å². The molecule has 2 aromatic heterocycles. The summed E-state index contributed by atoms with van der Waals surface area (Å²) in [5.41, 5.74) is 0.879. The average molecular weight is 527 g/mol. The van der Waals surface area contributed by atoms with Crippen LogP contribution in [0.4, 0.5) is 16.0 Å². The van der Waals surface area contributed by atoms with Crippen molar-refractivity contribution in [3.05, 3.63) is 68.7 Å². The second-order valence-corrected chi connectivity index (χ2v) is 11.7. The number of hydrogen-bond donors (Lipinski definition) is 1. The monoisotopic (exact) mass is 526 g/mol. The normalized spacial score (nSPS) is 28.0. The van der Waals surface area contributed by atoms with Crippen molar-refractivity contribution in [2.24, 2.45) is 17.3 Å². The Morgan fingerprint density at radius 3 is 2.68 bits per heavy atom. The number of anilines is 1. The number of nitro groups is 1. The highest BCUT2D eigenvalue weighted by atomic mass is 35.5. The second-order valence-electron chi connectivity index (χ2n) is 11.3. The molecule has 7 rings (SSSR count). The van der Waals surface area contributed by atoms with Gasteiger partial charge in [-0.1, -0.05) is 23.7 Å². The molecule has 4 aliphatic carbocycles. The molecule has 11 heteroatoms. The first-order valence-electron chi connectivity index (χ1n) is 12.6. The lowest BCUT2D eigenvalue weighted by molar-refractivity contribution is -0.389. The van der Waals surface area contributed by atoms with Crippen LogP contribution in [-0.2, 0) is 16.9 Å². The van der Waals surface area contributed by atoms with Crippen molar-refractivity contribution in [1.82, 2.24) is 19.6 Å². The van der Waals surface area contributed by atoms with E-state index in [0.717, 1.165) is 44.1 Å². The lowest BCUT2D eigenvalue weighted by Gasteiger charge is -2.61. The standard InChI is InChI=1S/C26H28ClFN6O3/c1-16-23(27)24(34(36)37)31-33(16)26-11-18-7-19(12-26)10-25(9-18,15-26)13-22(35)29-21-5-6-32(30-21)14-17-3-2-4-20(28)8-17/h2-6,8,18-19H,7,9-15H2,1H3,(H,29,30,35). The Hall–Kier alpha value is -3.27. The molecule has 1 amide bonds. The maximum atomic E-state index is 13.5. The molecule has 9 nitrogen and oxygen atoms in total. The molecule has 1 N–H and O–H groups in total. The highest BCUT2D eigenvalue weighted by molar-refractivity contribution is 6.33. The largest absolute Gasteiger partial charge is 0.408 e. The zero-order valence-electron chi connectivity index (χ0n) is 20.5. The number of aromatic nitrogens is 4. The quantitative estimate of drug-likeness (QED) is 0.325. The molecule has 2 atom stereocenters. The van der Waals surface area contributed by atoms with Crippen LogP contribution in [0.25, 0.3) is 0 Å². The Morgan fingerprint density at radius 1 is 1.24 bits per heavy atom. The van der Waals surface area contributed by atoms with Crippen molar-refractivity contribution in [3.8, 4) is 0 Å². The van der Waals surface area contributed by atoms with Crippen LogP contribution in [0.5, 0.6) is 0 Å². The molecule has 37 heavy (non-hydrogen) atoms. The minimum absolute atomic E-state index is 0.0886. The van der Waals surface area contributed by atoms with Crippen LogP contribution in [-0.4, -0.2) is 30.4 Å². The summed E-state index contributed by atoms with van der Waals surface area (Å²) in [4.78, 5) is 24.2. The Kier molecular flexibility index (Phi) is 5.63. The SMILES string of the molecule is Cc1c(Cl)c([N+](=O)[O-])nn1C12CC3CC(CC(CC(=O)Nc4ccn(Cc5cccc(F)c5)n4)(C3)C1)C2. The minimum atomic E-state index is -0.525. The number of amides is 1. The zero-order valence-corrected chi connectivity index (χ0v) is 21.2. The smallest absolute Gasteiger partial charge is 0.358 e. The number of carbonyl (C=O) groups is 1. The molecule has 0 spiro atoms. The summed E-state index contributed by atoms with van der Waals surface area (Å²) in [6.07, 6.45) is 7.79. The Labute approximate surface area is 218 Å². The molecule has 194 valence electrons. The van der Waals surface area contributed by atoms with Crippen LogP contribution >= 0.6 is 11.6 Å². The first kappa shape index (κ1) is 24.1. The van der Waals surface area contributed by atoms with Crippen LogP contribution in [0.2, 0.25) is 5.02 Å². The van der Waals surface area contributed by atoms with Crippen molar-refractivity contribution in [2.45, 2.75) is 64.0 Å². The van der Waals surface area contributed by atoms with Crippen LogP contribution < -0.4 is 5.32 Å². The third-order valence-electron chi connectivity index (χ3n) is 8.48. The number of rotatable bonds is 7. The van der Waals surface area contributed by atoms with Gasteiger partial charge in [0.15, 0.2) is 10.8 Å². The molecule has 4 aliphatic rings. The van der Waals surface area contributed by atoms with Gasteiger partial charge in [-0.15, -0.1) is 0 Å². The molecule has 2 heterocycles. The maximum absolute atomic E-state index is 13.5. The van der Waals surface area contributed by atoms with Gasteiger partial charge < -0.3 is 15.4 Å². The van der Waals surface area contributed by atoms with Gasteiger partial charge in [-0.05, 0) is 85.3 Å². The number of nitrogens with zero attached hydrogens (tertiary/aromatic N) is 5. The van der Waals surface area contributed by atoms with E-state index in [1.165, 1.54) is 12.1 Å². The van der Waals surface area contributed by atoms with E-state index in [2.05, 4.69) is 15.5 Å². The van der Waals surface area contributed by atoms with Crippen molar-refractivity contribution in [1.29, 1.82) is 0 Å². The van der Waals surface area contributed by atoms with Gasteiger partial charge in [0, 0.05) is 18.7 Å². The summed E-state index contributed by atoms with van der Waals surface area (Å²) in [5.74, 6) is 0.701. The molecule has 3 aromatic rings. The molecule has 0 aliphatic heterocycles. The molecule has 1 aromatic carbocycles. The molecule has 4 saturated carbocycles. The van der Waals surface area contributed by atoms with Gasteiger partial charge in [0.2, 0.25) is 5.91 Å². The van der Waals surface area contributed by atoms with Crippen LogP contribution in [0.3, 0.4) is 0 Å². The van der Waals surface area contributed by atoms with Crippen molar-refractivity contribution < 1.29 is 14.1 Å². The summed E-state index contributed by atoms with van der Waals surface area (Å²) >= 11 is 6.30. The summed E-state index contributed by atoms with van der Waals surface area (Å²) in [6.45, 7) is 2.20. The van der Waals surface area contributed by atoms with Gasteiger partial charge in [0.05, 0.1) is 22.9 Å². The average Bonchev–Trinajstić information content (AvgIpc) is 3.36. The summed E-state index contributed by atoms with van der Waals surface area (Å²) in [6, 6.07) is 8.09. The first-order chi connectivity index (χ1) is 17.6. The predicted molar refractivity (Wildman–Crippen MR) is 135 cm³/mol. The van der Waals surface area contributed by atoms with E-state index in [1.807, 2.05) is 10.7 Å². The third-order valence-corrected chi connectivity index (χ3v) is 8.92. The van der Waals surface area contributed by atoms with E-state index in [9.17, 15) is 19.3 Å². The van der Waals surface area contributed by atoms with Gasteiger partial charge in [-0.2, -0.15) is 9.78 Å². The molecule has 0 radical (unpaired) electrons. The second kappa shape index (κ2) is 8.65. The summed E-state index contributed by atoms with van der Waals surface area (Å²) in [7, 11) is 0. The number of carbonyl (C=O) groups excluding carboxylic acids is 1. The highest BCUT2D eigenvalue weighted by Gasteiger charge is 2.60. The molecule has 4 bridgehead atoms. The fourth-order valence-corrected chi connectivity index (χ4v) is 7.96. The van der Waals surface area contributed by atoms with Gasteiger partial charge in [0.25, 0.3) is 0 Å². The Balaban J connectivity index is 1.19. The fourth-order valence-electron chi connectivity index (χ4n) is 7.77. The predicted octanol–water partition coefficient (Wildman–Crippen LogP) is 5.46. The molecule has 4 fully saturated rings. The highest BCUT2D eigenvalue weighted by Crippen LogP contribution is 2.65. The van der Waals surface area contributed by atoms with Crippen molar-refractivity contribution in [2.75, 3.05) is 5.32 Å². The van der Waals surface area contributed by atoms with Gasteiger partial charge >= 0.3 is 5.82 Å². The van der Waals surface area contributed by atoms with Crippen LogP contribution in [0.1, 0.15) is 56.2 Å². The fraction of sp³-hybridized carbons (Fsp3) is 0.500. The Morgan fingerprint density at radius 2 is 2.00 bits per heavy atom. The van der Waals surface area contributed by atoms with Gasteiger partial charge in [-0.25, -0.2) is 4.39 Å². The molecular weight excluding hydrogens is 499 g/mol. The van der Waals surface area contributed by atoms with E-state index in [4.69, 9.17) is 11.6 Å². The topological polar surface area (TPSA) is 108 Å². The molecule has 2 unspecified atom stereocenters. The number of halogens is 2. The van der Waals surface area contributed by atoms with Crippen molar-refractivity contribution in [3.63, 3.8) is 0 Å². The van der Waals surface area contributed by atoms with E-state index in [0.29, 0.717) is 36.3 Å². The van der Waals surface area contributed by atoms with Crippen LogP contribution in [0, 0.1) is 40.1 Å². The number of nitrogens with one attached hydrogen (secondary N) is 1. The Bertz CT molecular complexity index is 1390. The van der Waals surface area contributed by atoms with E-state index < -0.39 is 4.92 Å².